The first-order valence-electron chi connectivity index (χ1n) is 15.1. The maximum Gasteiger partial charge on any atom is 0.354 e. The molecular formula is C38H35N5O3. The fourth-order valence-electron chi connectivity index (χ4n) is 5.98. The Balaban J connectivity index is 1.35. The van der Waals surface area contributed by atoms with E-state index in [4.69, 9.17) is 15.5 Å². The van der Waals surface area contributed by atoms with Crippen LogP contribution in [-0.4, -0.2) is 39.6 Å². The molecule has 0 spiro atoms. The van der Waals surface area contributed by atoms with Gasteiger partial charge < -0.3 is 24.9 Å². The molecule has 0 saturated carbocycles. The number of nitrogens with zero attached hydrogens (tertiary/aromatic N) is 3. The average Bonchev–Trinajstić information content (AvgIpc) is 3.80. The molecular weight excluding hydrogens is 574 g/mol. The largest absolute Gasteiger partial charge is 0.464 e. The minimum Gasteiger partial charge on any atom is -0.464 e. The lowest BCUT2D eigenvalue weighted by molar-refractivity contribution is -0.120. The van der Waals surface area contributed by atoms with E-state index in [1.807, 2.05) is 97.5 Å². The first-order valence-corrected chi connectivity index (χ1v) is 15.1. The topological polar surface area (TPSA) is 106 Å². The van der Waals surface area contributed by atoms with E-state index < -0.39 is 17.6 Å². The van der Waals surface area contributed by atoms with Crippen molar-refractivity contribution in [1.82, 2.24) is 14.5 Å². The number of carbonyl (C=O) groups is 2. The van der Waals surface area contributed by atoms with Gasteiger partial charge in [0, 0.05) is 18.8 Å². The minimum absolute atomic E-state index is 0.208. The van der Waals surface area contributed by atoms with Crippen molar-refractivity contribution < 1.29 is 14.3 Å². The summed E-state index contributed by atoms with van der Waals surface area (Å²) in [5, 5.41) is 0. The molecule has 0 bridgehead atoms. The number of nitrogens with one attached hydrogen (secondary N) is 1. The molecule has 4 aromatic carbocycles. The van der Waals surface area contributed by atoms with Crippen molar-refractivity contribution in [3.8, 4) is 0 Å². The second kappa shape index (κ2) is 13.5. The van der Waals surface area contributed by atoms with Crippen LogP contribution in [0.25, 0.3) is 0 Å². The molecule has 0 fully saturated rings. The van der Waals surface area contributed by atoms with Crippen LogP contribution in [-0.2, 0) is 28.0 Å². The summed E-state index contributed by atoms with van der Waals surface area (Å²) in [7, 11) is 1.31. The van der Waals surface area contributed by atoms with Crippen LogP contribution in [0.4, 0.5) is 5.69 Å². The molecule has 8 heteroatoms. The van der Waals surface area contributed by atoms with Crippen LogP contribution >= 0.6 is 0 Å². The maximum atomic E-state index is 14.0. The lowest BCUT2D eigenvalue weighted by Gasteiger charge is -2.37. The van der Waals surface area contributed by atoms with Gasteiger partial charge in [-0.25, -0.2) is 9.78 Å². The zero-order chi connectivity index (χ0) is 31.9. The molecule has 0 unspecified atom stereocenters. The number of nitrogens with two attached hydrogens (primary N) is 1. The van der Waals surface area contributed by atoms with Crippen LogP contribution in [0.15, 0.2) is 146 Å². The van der Waals surface area contributed by atoms with Gasteiger partial charge in [0.05, 0.1) is 37.4 Å². The van der Waals surface area contributed by atoms with Gasteiger partial charge in [0.2, 0.25) is 5.91 Å². The predicted octanol–water partition coefficient (Wildman–Crippen LogP) is 5.94. The highest BCUT2D eigenvalue weighted by atomic mass is 16.5. The minimum atomic E-state index is -0.900. The molecule has 0 radical (unpaired) electrons. The number of methoxy groups -OCH3 is 1. The highest BCUT2D eigenvalue weighted by molar-refractivity contribution is 5.98. The normalized spacial score (nSPS) is 12.0. The summed E-state index contributed by atoms with van der Waals surface area (Å²) in [5.41, 5.74) is 11.5. The molecule has 230 valence electrons. The quantitative estimate of drug-likeness (QED) is 0.140. The number of amides is 1. The molecule has 0 aliphatic carbocycles. The molecule has 6 aromatic rings. The van der Waals surface area contributed by atoms with Gasteiger partial charge in [0.15, 0.2) is 0 Å². The summed E-state index contributed by atoms with van der Waals surface area (Å²) in [5.74, 6) is -0.818. The van der Waals surface area contributed by atoms with Crippen molar-refractivity contribution in [2.24, 2.45) is 5.73 Å². The van der Waals surface area contributed by atoms with Gasteiger partial charge in [-0.05, 0) is 28.3 Å². The highest BCUT2D eigenvalue weighted by Crippen LogP contribution is 2.40. The van der Waals surface area contributed by atoms with Crippen LogP contribution in [0.2, 0.25) is 0 Å². The Bertz CT molecular complexity index is 1790. The monoisotopic (exact) mass is 609 g/mol. The number of esters is 1. The SMILES string of the molecule is COC(=O)c1cc(N(Cc2ccccc2)C(=O)[C@@H](N)Cc2cn(C(c3ccccc3)(c3ccccc3)c3ccccc3)cn2)c[nH]1. The van der Waals surface area contributed by atoms with Gasteiger partial charge in [0.25, 0.3) is 0 Å². The smallest absolute Gasteiger partial charge is 0.354 e. The van der Waals surface area contributed by atoms with Crippen molar-refractivity contribution in [2.75, 3.05) is 12.0 Å². The Morgan fingerprint density at radius 2 is 1.37 bits per heavy atom. The van der Waals surface area contributed by atoms with E-state index in [0.29, 0.717) is 11.4 Å². The summed E-state index contributed by atoms with van der Waals surface area (Å²) in [6.07, 6.45) is 5.62. The number of rotatable bonds is 11. The first kappa shape index (κ1) is 30.3. The van der Waals surface area contributed by atoms with Gasteiger partial charge >= 0.3 is 5.97 Å². The molecule has 0 saturated heterocycles. The molecule has 6 rings (SSSR count). The van der Waals surface area contributed by atoms with E-state index in [1.54, 1.807) is 17.2 Å². The summed E-state index contributed by atoms with van der Waals surface area (Å²) >= 11 is 0. The zero-order valence-corrected chi connectivity index (χ0v) is 25.5. The molecule has 1 atom stereocenters. The third kappa shape index (κ3) is 5.98. The van der Waals surface area contributed by atoms with Crippen LogP contribution in [0.3, 0.4) is 0 Å². The van der Waals surface area contributed by atoms with Gasteiger partial charge in [-0.1, -0.05) is 121 Å². The van der Waals surface area contributed by atoms with Crippen molar-refractivity contribution in [3.05, 3.63) is 180 Å². The number of aromatic nitrogens is 3. The number of benzene rings is 4. The Labute approximate surface area is 268 Å². The standard InChI is InChI=1S/C38H35N5O3/c1-46-37(45)35-23-33(24-40-35)43(25-28-14-6-2-7-15-28)36(44)34(39)22-32-26-42(27-41-32)38(29-16-8-3-9-17-29,30-18-10-4-11-19-30)31-20-12-5-13-21-31/h2-21,23-24,26-27,34,40H,22,25,39H2,1H3/t34-/m0/s1. The van der Waals surface area contributed by atoms with Crippen LogP contribution in [0, 0.1) is 0 Å². The average molecular weight is 610 g/mol. The Kier molecular flexibility index (Phi) is 8.89. The number of imidazole rings is 1. The second-order valence-corrected chi connectivity index (χ2v) is 11.1. The third-order valence-electron chi connectivity index (χ3n) is 8.18. The fourth-order valence-corrected chi connectivity index (χ4v) is 5.98. The number of H-pyrrole nitrogens is 1. The van der Waals surface area contributed by atoms with Crippen molar-refractivity contribution >= 4 is 17.6 Å². The molecule has 0 aliphatic rings. The highest BCUT2D eigenvalue weighted by Gasteiger charge is 2.38. The van der Waals surface area contributed by atoms with Crippen LogP contribution in [0.1, 0.15) is 38.4 Å². The van der Waals surface area contributed by atoms with Crippen LogP contribution in [0.5, 0.6) is 0 Å². The number of hydrogen-bond donors (Lipinski definition) is 2. The van der Waals surface area contributed by atoms with Crippen molar-refractivity contribution in [3.63, 3.8) is 0 Å². The Hall–Kier alpha value is -5.73. The van der Waals surface area contributed by atoms with Crippen LogP contribution < -0.4 is 10.6 Å². The molecule has 2 heterocycles. The zero-order valence-electron chi connectivity index (χ0n) is 25.5. The molecule has 0 aliphatic heterocycles. The number of aromatic amines is 1. The van der Waals surface area contributed by atoms with E-state index >= 15 is 0 Å². The van der Waals surface area contributed by atoms with E-state index in [2.05, 4.69) is 45.9 Å². The summed E-state index contributed by atoms with van der Waals surface area (Å²) in [6.45, 7) is 0.277. The Morgan fingerprint density at radius 1 is 0.848 bits per heavy atom. The van der Waals surface area contributed by atoms with Gasteiger partial charge in [0.1, 0.15) is 11.2 Å². The number of carbonyl (C=O) groups excluding carboxylic acids is 2. The van der Waals surface area contributed by atoms with E-state index in [1.165, 1.54) is 7.11 Å². The first-order chi connectivity index (χ1) is 22.5. The van der Waals surface area contributed by atoms with Crippen molar-refractivity contribution in [2.45, 2.75) is 24.5 Å². The summed E-state index contributed by atoms with van der Waals surface area (Å²) < 4.78 is 6.96. The van der Waals surface area contributed by atoms with Gasteiger partial charge in [-0.3, -0.25) is 4.79 Å². The number of anilines is 1. The van der Waals surface area contributed by atoms with E-state index in [0.717, 1.165) is 22.3 Å². The Morgan fingerprint density at radius 3 is 1.89 bits per heavy atom. The number of hydrogen-bond acceptors (Lipinski definition) is 5. The molecule has 46 heavy (non-hydrogen) atoms. The van der Waals surface area contributed by atoms with Gasteiger partial charge in [-0.15, -0.1) is 0 Å². The second-order valence-electron chi connectivity index (χ2n) is 11.1. The van der Waals surface area contributed by atoms with E-state index in [-0.39, 0.29) is 24.6 Å². The van der Waals surface area contributed by atoms with E-state index in [9.17, 15) is 9.59 Å². The number of ether oxygens (including phenoxy) is 1. The van der Waals surface area contributed by atoms with Crippen molar-refractivity contribution in [1.29, 1.82) is 0 Å². The summed E-state index contributed by atoms with van der Waals surface area (Å²) in [4.78, 5) is 35.4. The third-order valence-corrected chi connectivity index (χ3v) is 8.18. The lowest BCUT2D eigenvalue weighted by Crippen LogP contribution is -2.44. The predicted molar refractivity (Wildman–Crippen MR) is 178 cm³/mol. The fraction of sp³-hybridized carbons (Fsp3) is 0.132. The molecule has 2 aromatic heterocycles. The van der Waals surface area contributed by atoms with Gasteiger partial charge in [-0.2, -0.15) is 0 Å². The molecule has 8 nitrogen and oxygen atoms in total. The molecule has 3 N–H and O–H groups in total. The maximum absolute atomic E-state index is 14.0. The lowest BCUT2D eigenvalue weighted by atomic mass is 9.77. The summed E-state index contributed by atoms with van der Waals surface area (Å²) in [6, 6.07) is 41.3. The molecule has 1 amide bonds.